The summed E-state index contributed by atoms with van der Waals surface area (Å²) in [6, 6.07) is 7.18. The molecule has 0 fully saturated rings. The first-order valence-electron chi connectivity index (χ1n) is 5.39. The van der Waals surface area contributed by atoms with Gasteiger partial charge >= 0.3 is 0 Å². The Bertz CT molecular complexity index is 363. The zero-order valence-corrected chi connectivity index (χ0v) is 10.5. The van der Waals surface area contributed by atoms with Crippen LogP contribution in [0.2, 0.25) is 0 Å². The predicted octanol–water partition coefficient (Wildman–Crippen LogP) is 3.57. The lowest BCUT2D eigenvalue weighted by molar-refractivity contribution is 0.538. The Balaban J connectivity index is 1.90. The molecule has 0 amide bonds. The summed E-state index contributed by atoms with van der Waals surface area (Å²) < 4.78 is 1.19. The zero-order valence-electron chi connectivity index (χ0n) is 8.96. The van der Waals surface area contributed by atoms with Gasteiger partial charge in [-0.3, -0.25) is 0 Å². The van der Waals surface area contributed by atoms with E-state index in [1.165, 1.54) is 28.4 Å². The number of halogens is 1. The number of aryl methyl sites for hydroxylation is 1. The lowest BCUT2D eigenvalue weighted by Gasteiger charge is -2.12. The fourth-order valence-electron chi connectivity index (χ4n) is 1.86. The van der Waals surface area contributed by atoms with Gasteiger partial charge in [-0.05, 0) is 37.0 Å². The van der Waals surface area contributed by atoms with E-state index in [1.807, 2.05) is 0 Å². The van der Waals surface area contributed by atoms with Gasteiger partial charge in [-0.15, -0.1) is 0 Å². The van der Waals surface area contributed by atoms with Gasteiger partial charge in [0.05, 0.1) is 0 Å². The van der Waals surface area contributed by atoms with Crippen molar-refractivity contribution in [3.63, 3.8) is 0 Å². The maximum absolute atomic E-state index is 3.57. The molecule has 0 bridgehead atoms. The van der Waals surface area contributed by atoms with Crippen LogP contribution in [0.4, 0.5) is 0 Å². The molecule has 2 heteroatoms. The average molecular weight is 266 g/mol. The standard InChI is InChI=1S/C13H16BrN/c1-10-8-11(6-7-13(10)14)9-15-12-4-2-3-5-12/h2-3,6-8,12,15H,4-5,9H2,1H3. The second kappa shape index (κ2) is 4.95. The Hall–Kier alpha value is -0.600. The molecule has 0 spiro atoms. The molecule has 1 aliphatic rings. The summed E-state index contributed by atoms with van der Waals surface area (Å²) in [4.78, 5) is 0. The van der Waals surface area contributed by atoms with E-state index in [4.69, 9.17) is 0 Å². The Morgan fingerprint density at radius 1 is 1.33 bits per heavy atom. The first kappa shape index (κ1) is 10.9. The molecule has 0 unspecified atom stereocenters. The highest BCUT2D eigenvalue weighted by Crippen LogP contribution is 2.17. The summed E-state index contributed by atoms with van der Waals surface area (Å²) >= 11 is 3.52. The normalized spacial score (nSPS) is 16.1. The van der Waals surface area contributed by atoms with Crippen LogP contribution < -0.4 is 5.32 Å². The van der Waals surface area contributed by atoms with Crippen molar-refractivity contribution in [3.05, 3.63) is 46.0 Å². The van der Waals surface area contributed by atoms with Gasteiger partial charge in [0.15, 0.2) is 0 Å². The minimum absolute atomic E-state index is 0.647. The first-order valence-corrected chi connectivity index (χ1v) is 6.18. The predicted molar refractivity (Wildman–Crippen MR) is 67.9 cm³/mol. The highest BCUT2D eigenvalue weighted by atomic mass is 79.9. The molecule has 80 valence electrons. The van der Waals surface area contributed by atoms with Crippen molar-refractivity contribution in [2.45, 2.75) is 32.4 Å². The molecule has 15 heavy (non-hydrogen) atoms. The maximum Gasteiger partial charge on any atom is 0.0208 e. The van der Waals surface area contributed by atoms with Crippen LogP contribution in [0.5, 0.6) is 0 Å². The molecule has 0 saturated carbocycles. The molecule has 1 N–H and O–H groups in total. The third kappa shape index (κ3) is 2.93. The molecule has 0 atom stereocenters. The Labute approximate surface area is 99.7 Å². The molecule has 1 aromatic carbocycles. The van der Waals surface area contributed by atoms with E-state index in [-0.39, 0.29) is 0 Å². The van der Waals surface area contributed by atoms with Crippen LogP contribution in [0.1, 0.15) is 24.0 Å². The summed E-state index contributed by atoms with van der Waals surface area (Å²) in [5.74, 6) is 0. The van der Waals surface area contributed by atoms with Crippen LogP contribution in [-0.2, 0) is 6.54 Å². The second-order valence-corrected chi connectivity index (χ2v) is 4.96. The van der Waals surface area contributed by atoms with E-state index in [0.29, 0.717) is 6.04 Å². The molecule has 0 saturated heterocycles. The Kier molecular flexibility index (Phi) is 3.60. The van der Waals surface area contributed by atoms with Crippen molar-refractivity contribution < 1.29 is 0 Å². The monoisotopic (exact) mass is 265 g/mol. The summed E-state index contributed by atoms with van der Waals surface area (Å²) in [5, 5.41) is 3.57. The third-order valence-corrected chi connectivity index (χ3v) is 3.71. The molecular formula is C13H16BrN. The van der Waals surface area contributed by atoms with Gasteiger partial charge in [0.2, 0.25) is 0 Å². The van der Waals surface area contributed by atoms with E-state index < -0.39 is 0 Å². The van der Waals surface area contributed by atoms with E-state index in [1.54, 1.807) is 0 Å². The Morgan fingerprint density at radius 3 is 2.73 bits per heavy atom. The molecule has 0 heterocycles. The van der Waals surface area contributed by atoms with Gasteiger partial charge in [-0.25, -0.2) is 0 Å². The molecule has 0 aromatic heterocycles. The fraction of sp³-hybridized carbons (Fsp3) is 0.385. The molecular weight excluding hydrogens is 250 g/mol. The number of nitrogens with one attached hydrogen (secondary N) is 1. The summed E-state index contributed by atoms with van der Waals surface area (Å²) in [5.41, 5.74) is 2.67. The quantitative estimate of drug-likeness (QED) is 0.825. The van der Waals surface area contributed by atoms with Gasteiger partial charge in [-0.2, -0.15) is 0 Å². The van der Waals surface area contributed by atoms with E-state index in [9.17, 15) is 0 Å². The highest BCUT2D eigenvalue weighted by Gasteiger charge is 2.08. The summed E-state index contributed by atoms with van der Waals surface area (Å²) in [6.07, 6.45) is 6.86. The van der Waals surface area contributed by atoms with Crippen LogP contribution in [0.3, 0.4) is 0 Å². The fourth-order valence-corrected chi connectivity index (χ4v) is 2.11. The van der Waals surface area contributed by atoms with Gasteiger partial charge in [0.25, 0.3) is 0 Å². The molecule has 0 aliphatic heterocycles. The van der Waals surface area contributed by atoms with Gasteiger partial charge in [0.1, 0.15) is 0 Å². The average Bonchev–Trinajstić information content (AvgIpc) is 2.73. The van der Waals surface area contributed by atoms with E-state index in [2.05, 4.69) is 58.5 Å². The number of rotatable bonds is 3. The SMILES string of the molecule is Cc1cc(CNC2CC=CC2)ccc1Br. The Morgan fingerprint density at radius 2 is 2.07 bits per heavy atom. The highest BCUT2D eigenvalue weighted by molar-refractivity contribution is 9.10. The van der Waals surface area contributed by atoms with Crippen LogP contribution in [0.25, 0.3) is 0 Å². The maximum atomic E-state index is 3.57. The molecule has 0 radical (unpaired) electrons. The third-order valence-electron chi connectivity index (χ3n) is 2.83. The summed E-state index contributed by atoms with van der Waals surface area (Å²) in [7, 11) is 0. The van der Waals surface area contributed by atoms with Gasteiger partial charge in [0, 0.05) is 17.1 Å². The van der Waals surface area contributed by atoms with Crippen molar-refractivity contribution >= 4 is 15.9 Å². The van der Waals surface area contributed by atoms with Crippen molar-refractivity contribution in [1.82, 2.24) is 5.32 Å². The van der Waals surface area contributed by atoms with Crippen molar-refractivity contribution in [1.29, 1.82) is 0 Å². The molecule has 1 aliphatic carbocycles. The molecule has 2 rings (SSSR count). The van der Waals surface area contributed by atoms with Crippen molar-refractivity contribution in [3.8, 4) is 0 Å². The van der Waals surface area contributed by atoms with Crippen LogP contribution >= 0.6 is 15.9 Å². The largest absolute Gasteiger partial charge is 0.309 e. The number of hydrogen-bond acceptors (Lipinski definition) is 1. The lowest BCUT2D eigenvalue weighted by atomic mass is 10.1. The molecule has 1 nitrogen and oxygen atoms in total. The zero-order chi connectivity index (χ0) is 10.7. The first-order chi connectivity index (χ1) is 7.25. The minimum Gasteiger partial charge on any atom is -0.309 e. The van der Waals surface area contributed by atoms with E-state index >= 15 is 0 Å². The number of benzene rings is 1. The minimum atomic E-state index is 0.647. The topological polar surface area (TPSA) is 12.0 Å². The van der Waals surface area contributed by atoms with Crippen molar-refractivity contribution in [2.24, 2.45) is 0 Å². The smallest absolute Gasteiger partial charge is 0.0208 e. The summed E-state index contributed by atoms with van der Waals surface area (Å²) in [6.45, 7) is 3.10. The second-order valence-electron chi connectivity index (χ2n) is 4.10. The number of hydrogen-bond donors (Lipinski definition) is 1. The van der Waals surface area contributed by atoms with Crippen LogP contribution in [0, 0.1) is 6.92 Å². The van der Waals surface area contributed by atoms with Crippen LogP contribution in [0.15, 0.2) is 34.8 Å². The van der Waals surface area contributed by atoms with Gasteiger partial charge < -0.3 is 5.32 Å². The molecule has 1 aromatic rings. The van der Waals surface area contributed by atoms with Crippen molar-refractivity contribution in [2.75, 3.05) is 0 Å². The van der Waals surface area contributed by atoms with E-state index in [0.717, 1.165) is 6.54 Å². The van der Waals surface area contributed by atoms with Gasteiger partial charge in [-0.1, -0.05) is 40.2 Å². The lowest BCUT2D eigenvalue weighted by Crippen LogP contribution is -2.25. The van der Waals surface area contributed by atoms with Crippen LogP contribution in [-0.4, -0.2) is 6.04 Å².